The van der Waals surface area contributed by atoms with Crippen LogP contribution in [0.5, 0.6) is 0 Å². The predicted octanol–water partition coefficient (Wildman–Crippen LogP) is 5.24. The Hall–Kier alpha value is -0.760. The van der Waals surface area contributed by atoms with Crippen molar-refractivity contribution in [3.8, 4) is 0 Å². The first-order valence-electron chi connectivity index (χ1n) is 6.72. The summed E-state index contributed by atoms with van der Waals surface area (Å²) in [7, 11) is 0. The molecule has 0 radical (unpaired) electrons. The molecule has 0 aromatic heterocycles. The number of piperidine rings is 1. The van der Waals surface area contributed by atoms with E-state index in [4.69, 9.17) is 0 Å². The fourth-order valence-corrected chi connectivity index (χ4v) is 3.06. The molecule has 0 aliphatic carbocycles. The van der Waals surface area contributed by atoms with Crippen molar-refractivity contribution in [3.63, 3.8) is 0 Å². The van der Waals surface area contributed by atoms with E-state index < -0.39 is 23.8 Å². The molecule has 1 unspecified atom stereocenters. The maximum Gasteiger partial charge on any atom is 0.416 e. The number of benzene rings is 1. The molecule has 1 atom stereocenters. The number of hydrogen-bond donors (Lipinski definition) is 0. The van der Waals surface area contributed by atoms with Crippen LogP contribution in [0.4, 0.5) is 26.3 Å². The van der Waals surface area contributed by atoms with Gasteiger partial charge in [0.2, 0.25) is 0 Å². The number of halogens is 7. The van der Waals surface area contributed by atoms with Gasteiger partial charge in [0, 0.05) is 17.6 Å². The molecule has 22 heavy (non-hydrogen) atoms. The average molecular weight is 390 g/mol. The van der Waals surface area contributed by atoms with Gasteiger partial charge in [-0.25, -0.2) is 0 Å². The molecule has 0 bridgehead atoms. The average Bonchev–Trinajstić information content (AvgIpc) is 2.39. The van der Waals surface area contributed by atoms with E-state index >= 15 is 0 Å². The molecule has 0 spiro atoms. The maximum absolute atomic E-state index is 12.8. The molecular formula is C14H14BrF6N. The van der Waals surface area contributed by atoms with Crippen molar-refractivity contribution in [3.05, 3.63) is 33.8 Å². The first-order valence-corrected chi connectivity index (χ1v) is 7.51. The zero-order chi connectivity index (χ0) is 16.5. The minimum Gasteiger partial charge on any atom is -0.298 e. The van der Waals surface area contributed by atoms with Crippen LogP contribution < -0.4 is 0 Å². The highest BCUT2D eigenvalue weighted by atomic mass is 79.9. The molecule has 8 heteroatoms. The van der Waals surface area contributed by atoms with Gasteiger partial charge in [-0.15, -0.1) is 0 Å². The van der Waals surface area contributed by atoms with Crippen molar-refractivity contribution in [2.75, 3.05) is 13.1 Å². The third-order valence-electron chi connectivity index (χ3n) is 3.74. The Morgan fingerprint density at radius 3 is 2.36 bits per heavy atom. The standard InChI is InChI=1S/C14H14BrF6N/c15-12-6-10(13(16,17)18)4-3-9(12)7-22-5-1-2-11(8-22)14(19,20)21/h3-4,6,11H,1-2,5,7-8H2. The van der Waals surface area contributed by atoms with Gasteiger partial charge in [-0.3, -0.25) is 4.90 Å². The molecule has 124 valence electrons. The Morgan fingerprint density at radius 2 is 1.82 bits per heavy atom. The highest BCUT2D eigenvalue weighted by Gasteiger charge is 2.41. The minimum atomic E-state index is -4.44. The van der Waals surface area contributed by atoms with Crippen molar-refractivity contribution < 1.29 is 26.3 Å². The first kappa shape index (κ1) is 17.6. The second-order valence-corrected chi connectivity index (χ2v) is 6.27. The van der Waals surface area contributed by atoms with Crippen LogP contribution in [0.3, 0.4) is 0 Å². The van der Waals surface area contributed by atoms with Gasteiger partial charge in [0.05, 0.1) is 11.5 Å². The van der Waals surface area contributed by atoms with Gasteiger partial charge in [0.15, 0.2) is 0 Å². The Bertz CT molecular complexity index is 525. The van der Waals surface area contributed by atoms with Crippen molar-refractivity contribution in [2.45, 2.75) is 31.7 Å². The van der Waals surface area contributed by atoms with Gasteiger partial charge in [-0.2, -0.15) is 26.3 Å². The van der Waals surface area contributed by atoms with E-state index in [0.29, 0.717) is 18.5 Å². The Labute approximate surface area is 132 Å². The topological polar surface area (TPSA) is 3.24 Å². The van der Waals surface area contributed by atoms with Crippen LogP contribution in [0.15, 0.2) is 22.7 Å². The van der Waals surface area contributed by atoms with Crippen LogP contribution >= 0.6 is 15.9 Å². The molecule has 0 saturated carbocycles. The van der Waals surface area contributed by atoms with Crippen molar-refractivity contribution in [2.24, 2.45) is 5.92 Å². The number of nitrogens with zero attached hydrogens (tertiary/aromatic N) is 1. The molecule has 1 aliphatic heterocycles. The fourth-order valence-electron chi connectivity index (χ4n) is 2.56. The Balaban J connectivity index is 2.08. The molecule has 1 saturated heterocycles. The molecular weight excluding hydrogens is 376 g/mol. The van der Waals surface area contributed by atoms with Crippen LogP contribution in [0.25, 0.3) is 0 Å². The van der Waals surface area contributed by atoms with Crippen LogP contribution in [0.1, 0.15) is 24.0 Å². The largest absolute Gasteiger partial charge is 0.416 e. The lowest BCUT2D eigenvalue weighted by Gasteiger charge is -2.33. The van der Waals surface area contributed by atoms with E-state index in [0.717, 1.165) is 12.1 Å². The highest BCUT2D eigenvalue weighted by Crippen LogP contribution is 2.35. The van der Waals surface area contributed by atoms with E-state index in [9.17, 15) is 26.3 Å². The van der Waals surface area contributed by atoms with Crippen LogP contribution in [0, 0.1) is 5.92 Å². The van der Waals surface area contributed by atoms with E-state index in [1.54, 1.807) is 4.90 Å². The number of rotatable bonds is 2. The zero-order valence-electron chi connectivity index (χ0n) is 11.4. The van der Waals surface area contributed by atoms with Crippen LogP contribution in [0.2, 0.25) is 0 Å². The molecule has 1 heterocycles. The minimum absolute atomic E-state index is 0.105. The van der Waals surface area contributed by atoms with Crippen molar-refractivity contribution >= 4 is 15.9 Å². The third kappa shape index (κ3) is 4.38. The Morgan fingerprint density at radius 1 is 1.14 bits per heavy atom. The van der Waals surface area contributed by atoms with Crippen LogP contribution in [-0.2, 0) is 12.7 Å². The molecule has 1 nitrogen and oxygen atoms in total. The Kier molecular flexibility index (Phi) is 5.11. The summed E-state index contributed by atoms with van der Waals surface area (Å²) in [6.07, 6.45) is -8.12. The second kappa shape index (κ2) is 6.39. The van der Waals surface area contributed by atoms with Crippen molar-refractivity contribution in [1.29, 1.82) is 0 Å². The number of alkyl halides is 6. The number of likely N-dealkylation sites (tertiary alicyclic amines) is 1. The van der Waals surface area contributed by atoms with E-state index in [2.05, 4.69) is 15.9 Å². The molecule has 1 aromatic rings. The quantitative estimate of drug-likeness (QED) is 0.625. The first-order chi connectivity index (χ1) is 10.1. The summed E-state index contributed by atoms with van der Waals surface area (Å²) >= 11 is 3.07. The van der Waals surface area contributed by atoms with E-state index in [1.165, 1.54) is 6.07 Å². The molecule has 1 fully saturated rings. The van der Waals surface area contributed by atoms with Crippen molar-refractivity contribution in [1.82, 2.24) is 4.90 Å². The molecule has 0 amide bonds. The normalized spacial score (nSPS) is 21.1. The fraction of sp³-hybridized carbons (Fsp3) is 0.571. The lowest BCUT2D eigenvalue weighted by molar-refractivity contribution is -0.187. The number of hydrogen-bond acceptors (Lipinski definition) is 1. The molecule has 2 rings (SSSR count). The van der Waals surface area contributed by atoms with E-state index in [1.807, 2.05) is 0 Å². The smallest absolute Gasteiger partial charge is 0.298 e. The lowest BCUT2D eigenvalue weighted by Crippen LogP contribution is -2.41. The zero-order valence-corrected chi connectivity index (χ0v) is 13.0. The molecule has 1 aromatic carbocycles. The summed E-state index contributed by atoms with van der Waals surface area (Å²) in [5.41, 5.74) is -0.231. The van der Waals surface area contributed by atoms with Gasteiger partial charge in [0.25, 0.3) is 0 Å². The summed E-state index contributed by atoms with van der Waals surface area (Å²) in [5.74, 6) is -1.37. The summed E-state index contributed by atoms with van der Waals surface area (Å²) in [6, 6.07) is 3.22. The monoisotopic (exact) mass is 389 g/mol. The highest BCUT2D eigenvalue weighted by molar-refractivity contribution is 9.10. The van der Waals surface area contributed by atoms with Gasteiger partial charge in [-0.05, 0) is 37.1 Å². The van der Waals surface area contributed by atoms with Gasteiger partial charge < -0.3 is 0 Å². The van der Waals surface area contributed by atoms with E-state index in [-0.39, 0.29) is 24.0 Å². The molecule has 1 aliphatic rings. The van der Waals surface area contributed by atoms with Crippen LogP contribution in [-0.4, -0.2) is 24.2 Å². The second-order valence-electron chi connectivity index (χ2n) is 5.42. The maximum atomic E-state index is 12.8. The van der Waals surface area contributed by atoms with Gasteiger partial charge in [0.1, 0.15) is 0 Å². The summed E-state index contributed by atoms with van der Waals surface area (Å²) in [5, 5.41) is 0. The van der Waals surface area contributed by atoms with Gasteiger partial charge in [-0.1, -0.05) is 22.0 Å². The molecule has 0 N–H and O–H groups in total. The summed E-state index contributed by atoms with van der Waals surface area (Å²) in [4.78, 5) is 1.63. The summed E-state index contributed by atoms with van der Waals surface area (Å²) < 4.78 is 76.3. The summed E-state index contributed by atoms with van der Waals surface area (Å²) in [6.45, 7) is 0.600. The van der Waals surface area contributed by atoms with Gasteiger partial charge >= 0.3 is 12.4 Å². The SMILES string of the molecule is FC(F)(F)c1ccc(CN2CCCC(C(F)(F)F)C2)c(Br)c1. The predicted molar refractivity (Wildman–Crippen MR) is 73.2 cm³/mol. The third-order valence-corrected chi connectivity index (χ3v) is 4.48. The lowest BCUT2D eigenvalue weighted by atomic mass is 9.97.